The zero-order chi connectivity index (χ0) is 18.2. The van der Waals surface area contributed by atoms with Crippen LogP contribution in [-0.4, -0.2) is 24.2 Å². The summed E-state index contributed by atoms with van der Waals surface area (Å²) in [5.74, 6) is -1.15. The van der Waals surface area contributed by atoms with E-state index in [4.69, 9.17) is 4.74 Å². The van der Waals surface area contributed by atoms with Gasteiger partial charge in [-0.25, -0.2) is 4.39 Å². The number of rotatable bonds is 6. The topological polar surface area (TPSA) is 84.5 Å². The number of nitrogens with one attached hydrogen (secondary N) is 2. The molecule has 0 unspecified atom stereocenters. The van der Waals surface area contributed by atoms with Gasteiger partial charge in [-0.3, -0.25) is 25.2 Å². The summed E-state index contributed by atoms with van der Waals surface area (Å²) in [6.07, 6.45) is 0.413. The van der Waals surface area contributed by atoms with E-state index >= 15 is 0 Å². The highest BCUT2D eigenvalue weighted by molar-refractivity contribution is 5.96. The molecule has 0 saturated carbocycles. The van der Waals surface area contributed by atoms with Gasteiger partial charge in [-0.2, -0.15) is 0 Å². The molecule has 2 N–H and O–H groups in total. The molecule has 130 valence electrons. The third-order valence-corrected chi connectivity index (χ3v) is 3.29. The van der Waals surface area contributed by atoms with Gasteiger partial charge >= 0.3 is 0 Å². The Labute approximate surface area is 144 Å². The number of amides is 2. The van der Waals surface area contributed by atoms with Crippen molar-refractivity contribution in [3.8, 4) is 5.75 Å². The summed E-state index contributed by atoms with van der Waals surface area (Å²) >= 11 is 0. The molecule has 0 aliphatic rings. The van der Waals surface area contributed by atoms with E-state index < -0.39 is 17.6 Å². The van der Waals surface area contributed by atoms with Gasteiger partial charge in [0, 0.05) is 17.5 Å². The van der Waals surface area contributed by atoms with Crippen molar-refractivity contribution in [1.82, 2.24) is 10.9 Å². The van der Waals surface area contributed by atoms with Gasteiger partial charge in [0.2, 0.25) is 0 Å². The van der Waals surface area contributed by atoms with E-state index in [9.17, 15) is 18.8 Å². The van der Waals surface area contributed by atoms with Crippen LogP contribution < -0.4 is 15.6 Å². The highest BCUT2D eigenvalue weighted by atomic mass is 19.1. The van der Waals surface area contributed by atoms with Crippen LogP contribution in [0.1, 0.15) is 34.1 Å². The van der Waals surface area contributed by atoms with Crippen LogP contribution in [-0.2, 0) is 4.79 Å². The lowest BCUT2D eigenvalue weighted by Gasteiger charge is -2.09. The smallest absolute Gasteiger partial charge is 0.276 e. The number of Topliss-reactive ketones (excluding diaryl/α,β-unsaturated/α-hetero) is 1. The molecule has 2 rings (SSSR count). The number of carbonyl (C=O) groups is 3. The summed E-state index contributed by atoms with van der Waals surface area (Å²) in [4.78, 5) is 34.9. The molecule has 0 atom stereocenters. The summed E-state index contributed by atoms with van der Waals surface area (Å²) in [5.41, 5.74) is 5.18. The Kier molecular flexibility index (Phi) is 6.22. The molecule has 2 aromatic rings. The molecule has 25 heavy (non-hydrogen) atoms. The first-order chi connectivity index (χ1) is 12.0. The second-order valence-electron chi connectivity index (χ2n) is 5.10. The van der Waals surface area contributed by atoms with Crippen LogP contribution in [0.25, 0.3) is 0 Å². The molecule has 0 aromatic heterocycles. The van der Waals surface area contributed by atoms with Gasteiger partial charge in [0.05, 0.1) is 0 Å². The lowest BCUT2D eigenvalue weighted by atomic mass is 10.1. The largest absolute Gasteiger partial charge is 0.484 e. The number of halogens is 1. The predicted octanol–water partition coefficient (Wildman–Crippen LogP) is 2.26. The highest BCUT2D eigenvalue weighted by Gasteiger charge is 2.08. The third-order valence-electron chi connectivity index (χ3n) is 3.29. The average molecular weight is 344 g/mol. The van der Waals surface area contributed by atoms with Gasteiger partial charge in [-0.15, -0.1) is 0 Å². The number of benzene rings is 2. The fourth-order valence-corrected chi connectivity index (χ4v) is 1.93. The molecule has 0 saturated heterocycles. The Balaban J connectivity index is 1.77. The molecule has 2 amide bonds. The van der Waals surface area contributed by atoms with E-state index in [1.54, 1.807) is 31.2 Å². The molecule has 0 aliphatic heterocycles. The average Bonchev–Trinajstić information content (AvgIpc) is 2.64. The van der Waals surface area contributed by atoms with Crippen LogP contribution in [0.2, 0.25) is 0 Å². The van der Waals surface area contributed by atoms with Gasteiger partial charge in [0.25, 0.3) is 11.8 Å². The Hall–Kier alpha value is -3.22. The second kappa shape index (κ2) is 8.58. The van der Waals surface area contributed by atoms with Crippen LogP contribution >= 0.6 is 0 Å². The van der Waals surface area contributed by atoms with Crippen LogP contribution in [0.3, 0.4) is 0 Å². The molecule has 0 radical (unpaired) electrons. The van der Waals surface area contributed by atoms with E-state index in [1.807, 2.05) is 0 Å². The van der Waals surface area contributed by atoms with Gasteiger partial charge < -0.3 is 4.74 Å². The summed E-state index contributed by atoms with van der Waals surface area (Å²) in [7, 11) is 0. The van der Waals surface area contributed by atoms with Crippen molar-refractivity contribution < 1.29 is 23.5 Å². The Morgan fingerprint density at radius 2 is 1.52 bits per heavy atom. The van der Waals surface area contributed by atoms with Crippen molar-refractivity contribution in [2.75, 3.05) is 6.61 Å². The first kappa shape index (κ1) is 18.1. The molecule has 0 bridgehead atoms. The summed E-state index contributed by atoms with van der Waals surface area (Å²) in [6.45, 7) is 1.46. The van der Waals surface area contributed by atoms with Crippen LogP contribution in [0.5, 0.6) is 5.75 Å². The highest BCUT2D eigenvalue weighted by Crippen LogP contribution is 2.13. The third kappa shape index (κ3) is 5.42. The number of hydrazine groups is 1. The maximum atomic E-state index is 12.8. The maximum absolute atomic E-state index is 12.8. The normalized spacial score (nSPS) is 10.0. The Morgan fingerprint density at radius 1 is 0.920 bits per heavy atom. The van der Waals surface area contributed by atoms with Crippen LogP contribution in [0, 0.1) is 5.82 Å². The fraction of sp³-hybridized carbons (Fsp3) is 0.167. The molecule has 0 fully saturated rings. The molecule has 0 aliphatic carbocycles. The standard InChI is InChI=1S/C18H17FN2O4/c1-2-16(22)12-5-9-15(10-6-12)25-11-17(23)20-21-18(24)13-3-7-14(19)8-4-13/h3-10H,2,11H2,1H3,(H,20,23)(H,21,24). The number of hydrogen-bond acceptors (Lipinski definition) is 4. The van der Waals surface area contributed by atoms with Crippen molar-refractivity contribution >= 4 is 17.6 Å². The first-order valence-corrected chi connectivity index (χ1v) is 7.60. The van der Waals surface area contributed by atoms with E-state index in [0.717, 1.165) is 12.1 Å². The Bertz CT molecular complexity index is 758. The predicted molar refractivity (Wildman–Crippen MR) is 88.6 cm³/mol. The first-order valence-electron chi connectivity index (χ1n) is 7.60. The maximum Gasteiger partial charge on any atom is 0.276 e. The fourth-order valence-electron chi connectivity index (χ4n) is 1.93. The molecule has 0 heterocycles. The minimum atomic E-state index is -0.573. The molecule has 7 heteroatoms. The lowest BCUT2D eigenvalue weighted by molar-refractivity contribution is -0.123. The molecule has 2 aromatic carbocycles. The van der Waals surface area contributed by atoms with Crippen molar-refractivity contribution in [2.24, 2.45) is 0 Å². The minimum absolute atomic E-state index is 0.0211. The van der Waals surface area contributed by atoms with Crippen LogP contribution in [0.15, 0.2) is 48.5 Å². The van der Waals surface area contributed by atoms with Crippen molar-refractivity contribution in [1.29, 1.82) is 0 Å². The number of hydrogen-bond donors (Lipinski definition) is 2. The van der Waals surface area contributed by atoms with Crippen molar-refractivity contribution in [2.45, 2.75) is 13.3 Å². The number of ketones is 1. The van der Waals surface area contributed by atoms with E-state index in [-0.39, 0.29) is 18.0 Å². The molecular weight excluding hydrogens is 327 g/mol. The zero-order valence-corrected chi connectivity index (χ0v) is 13.5. The van der Waals surface area contributed by atoms with Gasteiger partial charge in [0.15, 0.2) is 12.4 Å². The van der Waals surface area contributed by atoms with Gasteiger partial charge in [-0.05, 0) is 48.5 Å². The summed E-state index contributed by atoms with van der Waals surface area (Å²) in [5, 5.41) is 0. The molecule has 0 spiro atoms. The second-order valence-corrected chi connectivity index (χ2v) is 5.10. The lowest BCUT2D eigenvalue weighted by Crippen LogP contribution is -2.43. The Morgan fingerprint density at radius 3 is 2.12 bits per heavy atom. The van der Waals surface area contributed by atoms with E-state index in [0.29, 0.717) is 17.7 Å². The number of carbonyl (C=O) groups excluding carboxylic acids is 3. The molecular formula is C18H17FN2O4. The quantitative estimate of drug-likeness (QED) is 0.622. The monoisotopic (exact) mass is 344 g/mol. The minimum Gasteiger partial charge on any atom is -0.484 e. The number of ether oxygens (including phenoxy) is 1. The van der Waals surface area contributed by atoms with E-state index in [2.05, 4.69) is 10.9 Å². The summed E-state index contributed by atoms with van der Waals surface area (Å²) in [6, 6.07) is 11.3. The van der Waals surface area contributed by atoms with Gasteiger partial charge in [0.1, 0.15) is 11.6 Å². The zero-order valence-electron chi connectivity index (χ0n) is 13.5. The molecule has 6 nitrogen and oxygen atoms in total. The summed E-state index contributed by atoms with van der Waals surface area (Å²) < 4.78 is 18.0. The SMILES string of the molecule is CCC(=O)c1ccc(OCC(=O)NNC(=O)c2ccc(F)cc2)cc1. The van der Waals surface area contributed by atoms with Crippen molar-refractivity contribution in [3.63, 3.8) is 0 Å². The van der Waals surface area contributed by atoms with Crippen molar-refractivity contribution in [3.05, 3.63) is 65.5 Å². The van der Waals surface area contributed by atoms with Crippen LogP contribution in [0.4, 0.5) is 4.39 Å². The van der Waals surface area contributed by atoms with Gasteiger partial charge in [-0.1, -0.05) is 6.92 Å². The van der Waals surface area contributed by atoms with E-state index in [1.165, 1.54) is 12.1 Å².